The highest BCUT2D eigenvalue weighted by molar-refractivity contribution is 6.09. The lowest BCUT2D eigenvalue weighted by Crippen LogP contribution is -2.41. The lowest BCUT2D eigenvalue weighted by atomic mass is 9.81. The van der Waals surface area contributed by atoms with Crippen molar-refractivity contribution in [3.8, 4) is 16.9 Å². The molecule has 1 aliphatic heterocycles. The first-order valence-electron chi connectivity index (χ1n) is 9.34. The Bertz CT molecular complexity index is 1220. The van der Waals surface area contributed by atoms with Gasteiger partial charge in [0.25, 0.3) is 5.91 Å². The van der Waals surface area contributed by atoms with Crippen LogP contribution in [0.3, 0.4) is 0 Å². The monoisotopic (exact) mass is 444 g/mol. The van der Waals surface area contributed by atoms with Gasteiger partial charge in [-0.3, -0.25) is 9.69 Å². The fourth-order valence-electron chi connectivity index (χ4n) is 3.61. The summed E-state index contributed by atoms with van der Waals surface area (Å²) < 4.78 is 58.3. The van der Waals surface area contributed by atoms with Crippen molar-refractivity contribution in [1.82, 2.24) is 9.88 Å². The maximum absolute atomic E-state index is 14.6. The maximum atomic E-state index is 14.6. The van der Waals surface area contributed by atoms with Crippen molar-refractivity contribution in [3.63, 3.8) is 0 Å². The molecule has 1 aliphatic rings. The van der Waals surface area contributed by atoms with Gasteiger partial charge in [-0.05, 0) is 47.5 Å². The van der Waals surface area contributed by atoms with Gasteiger partial charge in [0.15, 0.2) is 11.5 Å². The number of halogens is 4. The molecule has 4 rings (SSSR count). The zero-order valence-corrected chi connectivity index (χ0v) is 16.6. The van der Waals surface area contributed by atoms with Crippen LogP contribution in [-0.2, 0) is 10.3 Å². The average molecular weight is 444 g/mol. The van der Waals surface area contributed by atoms with Gasteiger partial charge in [-0.25, -0.2) is 14.4 Å². The Morgan fingerprint density at radius 1 is 1.03 bits per heavy atom. The number of amides is 1. The number of hydrogen-bond acceptors (Lipinski definition) is 5. The molecule has 0 fully saturated rings. The number of aromatic nitrogens is 1. The van der Waals surface area contributed by atoms with E-state index >= 15 is 0 Å². The van der Waals surface area contributed by atoms with Crippen molar-refractivity contribution < 1.29 is 27.1 Å². The van der Waals surface area contributed by atoms with Crippen LogP contribution >= 0.6 is 0 Å². The van der Waals surface area contributed by atoms with Crippen molar-refractivity contribution in [2.45, 2.75) is 12.2 Å². The Balaban J connectivity index is 1.91. The zero-order chi connectivity index (χ0) is 23.0. The first kappa shape index (κ1) is 21.3. The number of aliphatic imine (C=N–C) groups is 1. The van der Waals surface area contributed by atoms with Gasteiger partial charge in [0.05, 0.1) is 0 Å². The highest BCUT2D eigenvalue weighted by Crippen LogP contribution is 2.41. The Morgan fingerprint density at radius 2 is 1.72 bits per heavy atom. The predicted octanol–water partition coefficient (Wildman–Crippen LogP) is 3.66. The summed E-state index contributed by atoms with van der Waals surface area (Å²) >= 11 is 0. The number of nitrogens with zero attached hydrogens (tertiary/aromatic N) is 3. The lowest BCUT2D eigenvalue weighted by Gasteiger charge is -2.27. The molecule has 0 aliphatic carbocycles. The Labute approximate surface area is 180 Å². The molecule has 6 nitrogen and oxygen atoms in total. The predicted molar refractivity (Wildman–Crippen MR) is 108 cm³/mol. The molecule has 2 N–H and O–H groups in total. The van der Waals surface area contributed by atoms with E-state index in [-0.39, 0.29) is 34.0 Å². The molecule has 32 heavy (non-hydrogen) atoms. The van der Waals surface area contributed by atoms with Gasteiger partial charge < -0.3 is 10.5 Å². The summed E-state index contributed by atoms with van der Waals surface area (Å²) in [7, 11) is 1.42. The van der Waals surface area contributed by atoms with E-state index in [1.165, 1.54) is 61.8 Å². The summed E-state index contributed by atoms with van der Waals surface area (Å²) in [4.78, 5) is 22.3. The minimum atomic E-state index is -3.02. The number of ether oxygens (including phenoxy) is 1. The smallest absolute Gasteiger partial charge is 0.387 e. The van der Waals surface area contributed by atoms with Gasteiger partial charge in [0, 0.05) is 24.4 Å². The first-order valence-corrected chi connectivity index (χ1v) is 9.34. The molecule has 0 radical (unpaired) electrons. The number of pyridine rings is 1. The number of carbonyl (C=O) groups excluding carboxylic acids is 1. The summed E-state index contributed by atoms with van der Waals surface area (Å²) in [5, 5.41) is 0. The zero-order valence-electron chi connectivity index (χ0n) is 16.6. The van der Waals surface area contributed by atoms with Crippen LogP contribution < -0.4 is 10.5 Å². The van der Waals surface area contributed by atoms with Crippen molar-refractivity contribution in [2.24, 2.45) is 10.7 Å². The van der Waals surface area contributed by atoms with Crippen molar-refractivity contribution in [3.05, 3.63) is 83.7 Å². The van der Waals surface area contributed by atoms with E-state index in [4.69, 9.17) is 5.73 Å². The van der Waals surface area contributed by atoms with Crippen LogP contribution in [0.4, 0.5) is 17.6 Å². The van der Waals surface area contributed by atoms with Crippen LogP contribution in [-0.4, -0.2) is 35.4 Å². The summed E-state index contributed by atoms with van der Waals surface area (Å²) in [6.07, 6.45) is 1.23. The number of likely N-dealkylation sites (N-methyl/N-ethyl adjacent to an activating group) is 1. The molecule has 0 spiro atoms. The number of carbonyl (C=O) groups is 1. The molecule has 0 bridgehead atoms. The van der Waals surface area contributed by atoms with E-state index in [2.05, 4.69) is 14.7 Å². The fraction of sp³-hybridized carbons (Fsp3) is 0.136. The Kier molecular flexibility index (Phi) is 5.29. The quantitative estimate of drug-likeness (QED) is 0.481. The number of benzene rings is 2. The molecule has 2 heterocycles. The summed E-state index contributed by atoms with van der Waals surface area (Å²) in [5.74, 6) is -2.38. The van der Waals surface area contributed by atoms with Crippen LogP contribution in [0.15, 0.2) is 65.8 Å². The summed E-state index contributed by atoms with van der Waals surface area (Å²) in [6, 6.07) is 11.8. The van der Waals surface area contributed by atoms with Gasteiger partial charge in [0.2, 0.25) is 5.95 Å². The van der Waals surface area contributed by atoms with Crippen LogP contribution in [0.25, 0.3) is 11.1 Å². The van der Waals surface area contributed by atoms with Crippen LogP contribution in [0.5, 0.6) is 5.75 Å². The molecular formula is C22H16F4N4O2. The van der Waals surface area contributed by atoms with E-state index in [0.717, 1.165) is 11.0 Å². The second-order valence-electron chi connectivity index (χ2n) is 6.98. The fourth-order valence-corrected chi connectivity index (χ4v) is 3.61. The van der Waals surface area contributed by atoms with E-state index in [0.29, 0.717) is 0 Å². The number of guanidine groups is 1. The van der Waals surface area contributed by atoms with Gasteiger partial charge in [-0.15, -0.1) is 0 Å². The molecule has 0 saturated heterocycles. The van der Waals surface area contributed by atoms with Gasteiger partial charge in [0.1, 0.15) is 11.6 Å². The standard InChI is InChI=1S/C22H16F4N4O2/c1-30-19(31)22(29-21(30)27,12-4-7-14(8-5-12)32-20(25)26)13-6-9-17(23)16(11-13)15-3-2-10-28-18(15)24/h2-11,20H,1H3,(H2,27,29). The Morgan fingerprint density at radius 3 is 2.31 bits per heavy atom. The van der Waals surface area contributed by atoms with Gasteiger partial charge in [-0.1, -0.05) is 18.2 Å². The third-order valence-electron chi connectivity index (χ3n) is 5.17. The highest BCUT2D eigenvalue weighted by Gasteiger charge is 2.49. The van der Waals surface area contributed by atoms with Crippen molar-refractivity contribution in [1.29, 1.82) is 0 Å². The number of nitrogens with two attached hydrogens (primary N) is 1. The highest BCUT2D eigenvalue weighted by atomic mass is 19.3. The maximum Gasteiger partial charge on any atom is 0.387 e. The average Bonchev–Trinajstić information content (AvgIpc) is 2.99. The molecule has 1 amide bonds. The largest absolute Gasteiger partial charge is 0.435 e. The second-order valence-corrected chi connectivity index (χ2v) is 6.98. The number of hydrogen-bond donors (Lipinski definition) is 1. The van der Waals surface area contributed by atoms with Gasteiger partial charge in [-0.2, -0.15) is 13.2 Å². The molecule has 10 heteroatoms. The van der Waals surface area contributed by atoms with E-state index < -0.39 is 29.8 Å². The van der Waals surface area contributed by atoms with Gasteiger partial charge >= 0.3 is 6.61 Å². The summed E-state index contributed by atoms with van der Waals surface area (Å²) in [5.41, 5.74) is 4.43. The third-order valence-corrected chi connectivity index (χ3v) is 5.17. The molecule has 1 aromatic heterocycles. The minimum Gasteiger partial charge on any atom is -0.435 e. The number of alkyl halides is 2. The van der Waals surface area contributed by atoms with Crippen LogP contribution in [0.2, 0.25) is 0 Å². The van der Waals surface area contributed by atoms with Crippen LogP contribution in [0, 0.1) is 11.8 Å². The number of rotatable bonds is 5. The molecule has 2 aromatic carbocycles. The minimum absolute atomic E-state index is 0.0960. The second kappa shape index (κ2) is 7.95. The summed E-state index contributed by atoms with van der Waals surface area (Å²) in [6.45, 7) is -3.02. The SMILES string of the molecule is CN1C(=O)C(c2ccc(OC(F)F)cc2)(c2ccc(F)c(-c3cccnc3F)c2)N=C1N. The Hall–Kier alpha value is -3.95. The molecule has 1 atom stereocenters. The van der Waals surface area contributed by atoms with E-state index in [1.807, 2.05) is 0 Å². The lowest BCUT2D eigenvalue weighted by molar-refractivity contribution is -0.129. The first-order chi connectivity index (χ1) is 15.2. The normalized spacial score (nSPS) is 18.2. The van der Waals surface area contributed by atoms with Crippen LogP contribution in [0.1, 0.15) is 11.1 Å². The molecule has 0 saturated carbocycles. The van der Waals surface area contributed by atoms with E-state index in [1.54, 1.807) is 0 Å². The van der Waals surface area contributed by atoms with E-state index in [9.17, 15) is 22.4 Å². The van der Waals surface area contributed by atoms with Crippen molar-refractivity contribution in [2.75, 3.05) is 7.05 Å². The third kappa shape index (κ3) is 3.43. The van der Waals surface area contributed by atoms with Crippen molar-refractivity contribution >= 4 is 11.9 Å². The molecule has 164 valence electrons. The molecular weight excluding hydrogens is 428 g/mol. The topological polar surface area (TPSA) is 80.8 Å². The molecule has 1 unspecified atom stereocenters. The molecule has 3 aromatic rings.